The molecule has 7 heteroatoms. The zero-order valence-electron chi connectivity index (χ0n) is 18.6. The number of halogens is 1. The van der Waals surface area contributed by atoms with Crippen molar-refractivity contribution in [1.82, 2.24) is 15.5 Å². The van der Waals surface area contributed by atoms with Crippen molar-refractivity contribution in [3.8, 4) is 5.75 Å². The average Bonchev–Trinajstić information content (AvgIpc) is 3.43. The Kier molecular flexibility index (Phi) is 11.8. The second-order valence-corrected chi connectivity index (χ2v) is 8.08. The number of hydrogen-bond acceptors (Lipinski definition) is 4. The van der Waals surface area contributed by atoms with Crippen LogP contribution in [0.2, 0.25) is 0 Å². The molecule has 0 amide bonds. The van der Waals surface area contributed by atoms with Gasteiger partial charge in [0, 0.05) is 44.9 Å². The van der Waals surface area contributed by atoms with Crippen LogP contribution in [0.4, 0.5) is 0 Å². The first-order chi connectivity index (χ1) is 14.3. The number of guanidine groups is 1. The maximum atomic E-state index is 5.78. The molecule has 2 N–H and O–H groups in total. The fraction of sp³-hybridized carbons (Fsp3) is 0.696. The van der Waals surface area contributed by atoms with Crippen LogP contribution in [-0.2, 0) is 11.3 Å². The number of nitrogens with one attached hydrogen (secondary N) is 2. The van der Waals surface area contributed by atoms with E-state index in [1.54, 1.807) is 7.11 Å². The molecular weight excluding hydrogens is 491 g/mol. The van der Waals surface area contributed by atoms with Gasteiger partial charge in [-0.2, -0.15) is 0 Å². The molecule has 0 radical (unpaired) electrons. The second-order valence-electron chi connectivity index (χ2n) is 8.08. The van der Waals surface area contributed by atoms with E-state index in [-0.39, 0.29) is 24.0 Å². The van der Waals surface area contributed by atoms with Gasteiger partial charge in [-0.05, 0) is 50.3 Å². The summed E-state index contributed by atoms with van der Waals surface area (Å²) < 4.78 is 11.0. The van der Waals surface area contributed by atoms with Crippen LogP contribution in [0.1, 0.15) is 51.0 Å². The highest BCUT2D eigenvalue weighted by atomic mass is 127. The van der Waals surface area contributed by atoms with E-state index in [0.717, 1.165) is 49.4 Å². The molecule has 0 spiro atoms. The number of nitrogens with zero attached hydrogens (tertiary/aromatic N) is 2. The molecule has 1 saturated heterocycles. The predicted molar refractivity (Wildman–Crippen MR) is 134 cm³/mol. The Hall–Kier alpha value is -1.06. The van der Waals surface area contributed by atoms with Gasteiger partial charge in [0.25, 0.3) is 0 Å². The van der Waals surface area contributed by atoms with Gasteiger partial charge in [-0.1, -0.05) is 25.0 Å². The summed E-state index contributed by atoms with van der Waals surface area (Å²) in [7, 11) is 1.68. The number of hydrogen-bond donors (Lipinski definition) is 2. The molecule has 1 heterocycles. The standard InChI is InChI=1S/C23H38N4O2.HI/c1-3-24-23(26-20-13-15-27(17-20)21-7-4-5-8-21)25-14-6-16-29-18-19-9-11-22(28-2)12-10-19;/h9-12,20-21H,3-8,13-18H2,1-2H3,(H2,24,25,26);1H. The lowest BCUT2D eigenvalue weighted by molar-refractivity contribution is 0.120. The number of aliphatic imine (C=N–C) groups is 1. The average molecular weight is 530 g/mol. The van der Waals surface area contributed by atoms with Crippen molar-refractivity contribution in [3.63, 3.8) is 0 Å². The quantitative estimate of drug-likeness (QED) is 0.209. The molecule has 1 aromatic rings. The Morgan fingerprint density at radius 2 is 1.93 bits per heavy atom. The molecule has 1 saturated carbocycles. The molecule has 0 aromatic heterocycles. The van der Waals surface area contributed by atoms with Crippen molar-refractivity contribution >= 4 is 29.9 Å². The minimum atomic E-state index is 0. The highest BCUT2D eigenvalue weighted by molar-refractivity contribution is 14.0. The number of likely N-dealkylation sites (tertiary alicyclic amines) is 1. The summed E-state index contributed by atoms with van der Waals surface area (Å²) in [6, 6.07) is 9.35. The maximum absolute atomic E-state index is 5.78. The van der Waals surface area contributed by atoms with E-state index in [2.05, 4.69) is 22.5 Å². The van der Waals surface area contributed by atoms with Crippen LogP contribution >= 0.6 is 24.0 Å². The molecule has 1 atom stereocenters. The van der Waals surface area contributed by atoms with Crippen LogP contribution < -0.4 is 15.4 Å². The van der Waals surface area contributed by atoms with Gasteiger partial charge in [-0.15, -0.1) is 24.0 Å². The van der Waals surface area contributed by atoms with E-state index in [1.165, 1.54) is 38.6 Å². The van der Waals surface area contributed by atoms with Crippen molar-refractivity contribution in [1.29, 1.82) is 0 Å². The number of methoxy groups -OCH3 is 1. The Morgan fingerprint density at radius 1 is 1.17 bits per heavy atom. The van der Waals surface area contributed by atoms with E-state index in [1.807, 2.05) is 24.3 Å². The number of benzene rings is 1. The minimum absolute atomic E-state index is 0. The van der Waals surface area contributed by atoms with Gasteiger partial charge in [0.2, 0.25) is 0 Å². The fourth-order valence-electron chi connectivity index (χ4n) is 4.29. The Morgan fingerprint density at radius 3 is 2.63 bits per heavy atom. The van der Waals surface area contributed by atoms with Gasteiger partial charge in [-0.25, -0.2) is 0 Å². The van der Waals surface area contributed by atoms with Gasteiger partial charge in [0.1, 0.15) is 5.75 Å². The van der Waals surface area contributed by atoms with Gasteiger partial charge in [0.05, 0.1) is 13.7 Å². The number of rotatable bonds is 10. The van der Waals surface area contributed by atoms with E-state index < -0.39 is 0 Å². The van der Waals surface area contributed by atoms with Gasteiger partial charge in [0.15, 0.2) is 5.96 Å². The van der Waals surface area contributed by atoms with Gasteiger partial charge in [-0.3, -0.25) is 9.89 Å². The van der Waals surface area contributed by atoms with E-state index in [9.17, 15) is 0 Å². The zero-order valence-corrected chi connectivity index (χ0v) is 20.9. The van der Waals surface area contributed by atoms with Crippen LogP contribution in [0.3, 0.4) is 0 Å². The molecule has 170 valence electrons. The Balaban J connectivity index is 0.00000320. The first-order valence-electron chi connectivity index (χ1n) is 11.3. The Bertz CT molecular complexity index is 620. The predicted octanol–water partition coefficient (Wildman–Crippen LogP) is 3.79. The van der Waals surface area contributed by atoms with Crippen molar-refractivity contribution in [3.05, 3.63) is 29.8 Å². The topological polar surface area (TPSA) is 58.1 Å². The van der Waals surface area contributed by atoms with Gasteiger partial charge < -0.3 is 20.1 Å². The molecule has 2 aliphatic rings. The summed E-state index contributed by atoms with van der Waals surface area (Å²) >= 11 is 0. The largest absolute Gasteiger partial charge is 0.497 e. The van der Waals surface area contributed by atoms with E-state index in [4.69, 9.17) is 14.5 Å². The zero-order chi connectivity index (χ0) is 20.3. The maximum Gasteiger partial charge on any atom is 0.191 e. The third-order valence-corrected chi connectivity index (χ3v) is 5.89. The molecule has 2 fully saturated rings. The van der Waals surface area contributed by atoms with Crippen molar-refractivity contribution < 1.29 is 9.47 Å². The molecule has 6 nitrogen and oxygen atoms in total. The lowest BCUT2D eigenvalue weighted by Gasteiger charge is -2.24. The summed E-state index contributed by atoms with van der Waals surface area (Å²) in [5.74, 6) is 1.82. The second kappa shape index (κ2) is 14.1. The molecule has 0 bridgehead atoms. The van der Waals surface area contributed by atoms with Crippen molar-refractivity contribution in [2.24, 2.45) is 4.99 Å². The summed E-state index contributed by atoms with van der Waals surface area (Å²) in [4.78, 5) is 7.43. The van der Waals surface area contributed by atoms with Crippen LogP contribution in [0.5, 0.6) is 5.75 Å². The van der Waals surface area contributed by atoms with Crippen molar-refractivity contribution in [2.75, 3.05) is 39.9 Å². The molecule has 1 aromatic carbocycles. The minimum Gasteiger partial charge on any atom is -0.497 e. The smallest absolute Gasteiger partial charge is 0.191 e. The van der Waals surface area contributed by atoms with Crippen LogP contribution in [0.15, 0.2) is 29.3 Å². The summed E-state index contributed by atoms with van der Waals surface area (Å²) in [6.07, 6.45) is 7.72. The molecule has 3 rings (SSSR count). The fourth-order valence-corrected chi connectivity index (χ4v) is 4.29. The third kappa shape index (κ3) is 8.23. The normalized spacial score (nSPS) is 20.2. The lowest BCUT2D eigenvalue weighted by atomic mass is 10.2. The third-order valence-electron chi connectivity index (χ3n) is 5.89. The van der Waals surface area contributed by atoms with Gasteiger partial charge >= 0.3 is 0 Å². The summed E-state index contributed by atoms with van der Waals surface area (Å²) in [5.41, 5.74) is 1.16. The van der Waals surface area contributed by atoms with Crippen molar-refractivity contribution in [2.45, 2.75) is 64.1 Å². The Labute approximate surface area is 199 Å². The molecule has 1 unspecified atom stereocenters. The van der Waals surface area contributed by atoms with Crippen LogP contribution in [0.25, 0.3) is 0 Å². The van der Waals surface area contributed by atoms with E-state index in [0.29, 0.717) is 19.3 Å². The first kappa shape index (κ1) is 25.2. The monoisotopic (exact) mass is 530 g/mol. The van der Waals surface area contributed by atoms with Crippen LogP contribution in [0, 0.1) is 0 Å². The molecule has 30 heavy (non-hydrogen) atoms. The van der Waals surface area contributed by atoms with E-state index >= 15 is 0 Å². The molecular formula is C23H39IN4O2. The first-order valence-corrected chi connectivity index (χ1v) is 11.3. The molecule has 1 aliphatic carbocycles. The lowest BCUT2D eigenvalue weighted by Crippen LogP contribution is -2.45. The number of ether oxygens (including phenoxy) is 2. The SMILES string of the molecule is CCNC(=NCCCOCc1ccc(OC)cc1)NC1CCN(C2CCCC2)C1.I. The van der Waals surface area contributed by atoms with Crippen LogP contribution in [-0.4, -0.2) is 62.8 Å². The summed E-state index contributed by atoms with van der Waals surface area (Å²) in [6.45, 7) is 7.50. The highest BCUT2D eigenvalue weighted by Crippen LogP contribution is 2.26. The highest BCUT2D eigenvalue weighted by Gasteiger charge is 2.30. The molecule has 1 aliphatic heterocycles. The summed E-state index contributed by atoms with van der Waals surface area (Å²) in [5, 5.41) is 7.03.